The minimum atomic E-state index is -0.606. The summed E-state index contributed by atoms with van der Waals surface area (Å²) in [4.78, 5) is 0. The molecule has 72 valence electrons. The van der Waals surface area contributed by atoms with Crippen molar-refractivity contribution in [3.8, 4) is 17.6 Å². The zero-order chi connectivity index (χ0) is 9.97. The molecule has 0 bridgehead atoms. The summed E-state index contributed by atoms with van der Waals surface area (Å²) in [7, 11) is 0. The van der Waals surface area contributed by atoms with Gasteiger partial charge in [-0.25, -0.2) is 0 Å². The van der Waals surface area contributed by atoms with Gasteiger partial charge in [0.25, 0.3) is 0 Å². The third-order valence-electron chi connectivity index (χ3n) is 2.06. The third-order valence-corrected chi connectivity index (χ3v) is 2.06. The summed E-state index contributed by atoms with van der Waals surface area (Å²) in [5.74, 6) is 1.38. The summed E-state index contributed by atoms with van der Waals surface area (Å²) in [6.45, 7) is 1.11. The molecule has 2 rings (SSSR count). The number of benzene rings is 1. The Bertz CT molecular complexity index is 384. The molecule has 0 aliphatic carbocycles. The summed E-state index contributed by atoms with van der Waals surface area (Å²) in [5.41, 5.74) is 6.32. The topological polar surface area (TPSA) is 68.3 Å². The predicted molar refractivity (Wildman–Crippen MR) is 50.0 cm³/mol. The van der Waals surface area contributed by atoms with Crippen LogP contribution in [0.1, 0.15) is 11.6 Å². The summed E-state index contributed by atoms with van der Waals surface area (Å²) in [6.07, 6.45) is 0. The lowest BCUT2D eigenvalue weighted by Gasteiger charge is -2.19. The average molecular weight is 190 g/mol. The van der Waals surface area contributed by atoms with Crippen molar-refractivity contribution in [3.63, 3.8) is 0 Å². The van der Waals surface area contributed by atoms with Gasteiger partial charge in [-0.1, -0.05) is 6.07 Å². The quantitative estimate of drug-likeness (QED) is 0.716. The fourth-order valence-corrected chi connectivity index (χ4v) is 1.33. The lowest BCUT2D eigenvalue weighted by atomic mass is 10.1. The second-order valence-corrected chi connectivity index (χ2v) is 3.01. The van der Waals surface area contributed by atoms with Crippen LogP contribution in [-0.2, 0) is 0 Å². The van der Waals surface area contributed by atoms with Gasteiger partial charge in [-0.15, -0.1) is 0 Å². The Morgan fingerprint density at radius 3 is 2.71 bits per heavy atom. The third kappa shape index (κ3) is 1.50. The molecule has 1 heterocycles. The van der Waals surface area contributed by atoms with Crippen molar-refractivity contribution in [2.75, 3.05) is 13.2 Å². The van der Waals surface area contributed by atoms with E-state index in [1.165, 1.54) is 0 Å². The highest BCUT2D eigenvalue weighted by Gasteiger charge is 2.13. The van der Waals surface area contributed by atoms with Gasteiger partial charge < -0.3 is 15.2 Å². The number of hydrogen-bond donors (Lipinski definition) is 1. The molecule has 14 heavy (non-hydrogen) atoms. The van der Waals surface area contributed by atoms with Crippen LogP contribution in [0.2, 0.25) is 0 Å². The average Bonchev–Trinajstić information content (AvgIpc) is 2.27. The molecule has 4 heteroatoms. The van der Waals surface area contributed by atoms with Gasteiger partial charge in [0.2, 0.25) is 0 Å². The molecule has 0 fully saturated rings. The van der Waals surface area contributed by atoms with E-state index >= 15 is 0 Å². The van der Waals surface area contributed by atoms with E-state index in [0.717, 1.165) is 5.56 Å². The van der Waals surface area contributed by atoms with Crippen LogP contribution in [0.3, 0.4) is 0 Å². The zero-order valence-corrected chi connectivity index (χ0v) is 7.56. The van der Waals surface area contributed by atoms with E-state index in [2.05, 4.69) is 0 Å². The van der Waals surface area contributed by atoms with Crippen LogP contribution in [0.5, 0.6) is 11.5 Å². The van der Waals surface area contributed by atoms with Gasteiger partial charge in [0.15, 0.2) is 11.5 Å². The molecule has 0 aromatic heterocycles. The fraction of sp³-hybridized carbons (Fsp3) is 0.300. The van der Waals surface area contributed by atoms with Crippen molar-refractivity contribution < 1.29 is 9.47 Å². The first-order chi connectivity index (χ1) is 6.81. The van der Waals surface area contributed by atoms with Crippen LogP contribution < -0.4 is 15.2 Å². The molecule has 0 spiro atoms. The molecule has 4 nitrogen and oxygen atoms in total. The van der Waals surface area contributed by atoms with Gasteiger partial charge in [-0.2, -0.15) is 5.26 Å². The molecule has 0 unspecified atom stereocenters. The summed E-state index contributed by atoms with van der Waals surface area (Å²) in [5, 5.41) is 8.65. The molecule has 1 aliphatic rings. The molecule has 0 amide bonds. The minimum absolute atomic E-state index is 0.540. The van der Waals surface area contributed by atoms with Crippen LogP contribution in [0.15, 0.2) is 18.2 Å². The first-order valence-corrected chi connectivity index (χ1v) is 4.36. The maximum atomic E-state index is 8.65. The van der Waals surface area contributed by atoms with Crippen LogP contribution in [0, 0.1) is 11.3 Å². The monoisotopic (exact) mass is 190 g/mol. The SMILES string of the molecule is N#C[C@@H](N)c1ccc2c(c1)OCCO2. The molecular formula is C10H10N2O2. The Labute approximate surface area is 81.8 Å². The van der Waals surface area contributed by atoms with Crippen molar-refractivity contribution in [2.24, 2.45) is 5.73 Å². The molecule has 0 saturated heterocycles. The van der Waals surface area contributed by atoms with E-state index in [-0.39, 0.29) is 0 Å². The van der Waals surface area contributed by atoms with E-state index in [1.807, 2.05) is 6.07 Å². The number of hydrogen-bond acceptors (Lipinski definition) is 4. The molecule has 1 atom stereocenters. The Balaban J connectivity index is 2.34. The molecule has 1 aromatic rings. The van der Waals surface area contributed by atoms with Crippen LogP contribution in [0.25, 0.3) is 0 Å². The molecule has 0 radical (unpaired) electrons. The molecule has 0 saturated carbocycles. The zero-order valence-electron chi connectivity index (χ0n) is 7.56. The van der Waals surface area contributed by atoms with E-state index in [4.69, 9.17) is 20.5 Å². The van der Waals surface area contributed by atoms with E-state index < -0.39 is 6.04 Å². The molecule has 2 N–H and O–H groups in total. The fourth-order valence-electron chi connectivity index (χ4n) is 1.33. The van der Waals surface area contributed by atoms with Crippen molar-refractivity contribution in [3.05, 3.63) is 23.8 Å². The van der Waals surface area contributed by atoms with E-state index in [0.29, 0.717) is 24.7 Å². The lowest BCUT2D eigenvalue weighted by Crippen LogP contribution is -2.16. The van der Waals surface area contributed by atoms with E-state index in [1.54, 1.807) is 18.2 Å². The maximum Gasteiger partial charge on any atom is 0.161 e. The Morgan fingerprint density at radius 2 is 2.00 bits per heavy atom. The standard InChI is InChI=1S/C10H10N2O2/c11-6-8(12)7-1-2-9-10(5-7)14-4-3-13-9/h1-2,5,8H,3-4,12H2/t8-/m1/s1. The highest BCUT2D eigenvalue weighted by molar-refractivity contribution is 5.45. The normalized spacial score (nSPS) is 15.7. The first kappa shape index (κ1) is 8.85. The second-order valence-electron chi connectivity index (χ2n) is 3.01. The highest BCUT2D eigenvalue weighted by atomic mass is 16.6. The number of rotatable bonds is 1. The smallest absolute Gasteiger partial charge is 0.161 e. The Hall–Kier alpha value is -1.73. The second kappa shape index (κ2) is 3.56. The number of nitrogens with zero attached hydrogens (tertiary/aromatic N) is 1. The highest BCUT2D eigenvalue weighted by Crippen LogP contribution is 2.31. The summed E-state index contributed by atoms with van der Waals surface area (Å²) < 4.78 is 10.7. The number of nitriles is 1. The van der Waals surface area contributed by atoms with Gasteiger partial charge >= 0.3 is 0 Å². The van der Waals surface area contributed by atoms with E-state index in [9.17, 15) is 0 Å². The van der Waals surface area contributed by atoms with Crippen LogP contribution in [-0.4, -0.2) is 13.2 Å². The van der Waals surface area contributed by atoms with Gasteiger partial charge in [0, 0.05) is 0 Å². The van der Waals surface area contributed by atoms with Gasteiger partial charge in [-0.05, 0) is 17.7 Å². The van der Waals surface area contributed by atoms with Crippen LogP contribution in [0.4, 0.5) is 0 Å². The Morgan fingerprint density at radius 1 is 1.29 bits per heavy atom. The lowest BCUT2D eigenvalue weighted by molar-refractivity contribution is 0.171. The molecule has 1 aliphatic heterocycles. The van der Waals surface area contributed by atoms with Gasteiger partial charge in [0.1, 0.15) is 19.3 Å². The number of nitrogens with two attached hydrogens (primary N) is 1. The maximum absolute atomic E-state index is 8.65. The molecular weight excluding hydrogens is 180 g/mol. The van der Waals surface area contributed by atoms with Gasteiger partial charge in [0.05, 0.1) is 6.07 Å². The van der Waals surface area contributed by atoms with Gasteiger partial charge in [-0.3, -0.25) is 0 Å². The van der Waals surface area contributed by atoms with Crippen LogP contribution >= 0.6 is 0 Å². The first-order valence-electron chi connectivity index (χ1n) is 4.36. The Kier molecular flexibility index (Phi) is 2.25. The minimum Gasteiger partial charge on any atom is -0.486 e. The van der Waals surface area contributed by atoms with Crippen molar-refractivity contribution >= 4 is 0 Å². The predicted octanol–water partition coefficient (Wildman–Crippen LogP) is 0.981. The number of fused-ring (bicyclic) bond motifs is 1. The largest absolute Gasteiger partial charge is 0.486 e. The summed E-state index contributed by atoms with van der Waals surface area (Å²) >= 11 is 0. The number of ether oxygens (including phenoxy) is 2. The van der Waals surface area contributed by atoms with Crippen molar-refractivity contribution in [2.45, 2.75) is 6.04 Å². The van der Waals surface area contributed by atoms with Crippen molar-refractivity contribution in [1.29, 1.82) is 5.26 Å². The summed E-state index contributed by atoms with van der Waals surface area (Å²) in [6, 6.07) is 6.67. The van der Waals surface area contributed by atoms with Crippen molar-refractivity contribution in [1.82, 2.24) is 0 Å². The molecule has 1 aromatic carbocycles.